The molecule has 0 aliphatic rings. The maximum absolute atomic E-state index is 11.5. The molecule has 18 heavy (non-hydrogen) atoms. The van der Waals surface area contributed by atoms with Crippen LogP contribution in [0.5, 0.6) is 0 Å². The SMILES string of the molecule is Cc1nc(CCn2ccccc2=O)sc1C(=O)O. The molecule has 2 aromatic heterocycles. The summed E-state index contributed by atoms with van der Waals surface area (Å²) in [5.74, 6) is -0.951. The number of aromatic nitrogens is 2. The Morgan fingerprint density at radius 2 is 2.28 bits per heavy atom. The van der Waals surface area contributed by atoms with E-state index in [9.17, 15) is 9.59 Å². The number of aryl methyl sites for hydroxylation is 3. The molecule has 5 nitrogen and oxygen atoms in total. The van der Waals surface area contributed by atoms with Crippen molar-refractivity contribution in [3.8, 4) is 0 Å². The van der Waals surface area contributed by atoms with Crippen LogP contribution in [-0.2, 0) is 13.0 Å². The van der Waals surface area contributed by atoms with Gasteiger partial charge in [-0.15, -0.1) is 11.3 Å². The van der Waals surface area contributed by atoms with Crippen LogP contribution in [0.4, 0.5) is 0 Å². The van der Waals surface area contributed by atoms with Crippen molar-refractivity contribution in [3.05, 3.63) is 50.3 Å². The number of carboxylic acids is 1. The first-order chi connectivity index (χ1) is 8.58. The van der Waals surface area contributed by atoms with Gasteiger partial charge in [-0.1, -0.05) is 6.07 Å². The van der Waals surface area contributed by atoms with Crippen LogP contribution in [0, 0.1) is 6.92 Å². The van der Waals surface area contributed by atoms with Gasteiger partial charge in [-0.3, -0.25) is 4.79 Å². The van der Waals surface area contributed by atoms with Crippen molar-refractivity contribution < 1.29 is 9.90 Å². The van der Waals surface area contributed by atoms with E-state index in [4.69, 9.17) is 5.11 Å². The van der Waals surface area contributed by atoms with Crippen LogP contribution in [-0.4, -0.2) is 20.6 Å². The third-order valence-electron chi connectivity index (χ3n) is 2.50. The van der Waals surface area contributed by atoms with Crippen molar-refractivity contribution in [2.24, 2.45) is 0 Å². The molecular formula is C12H12N2O3S. The van der Waals surface area contributed by atoms with Crippen LogP contribution < -0.4 is 5.56 Å². The fourth-order valence-electron chi connectivity index (χ4n) is 1.62. The highest BCUT2D eigenvalue weighted by atomic mass is 32.1. The van der Waals surface area contributed by atoms with E-state index in [1.54, 1.807) is 29.8 Å². The van der Waals surface area contributed by atoms with Gasteiger partial charge >= 0.3 is 5.97 Å². The van der Waals surface area contributed by atoms with Crippen molar-refractivity contribution >= 4 is 17.3 Å². The van der Waals surface area contributed by atoms with E-state index >= 15 is 0 Å². The second-order valence-corrected chi connectivity index (χ2v) is 4.89. The number of pyridine rings is 1. The maximum Gasteiger partial charge on any atom is 0.347 e. The summed E-state index contributed by atoms with van der Waals surface area (Å²) in [7, 11) is 0. The molecule has 94 valence electrons. The number of aromatic carboxylic acids is 1. The van der Waals surface area contributed by atoms with Crippen molar-refractivity contribution in [2.75, 3.05) is 0 Å². The Labute approximate surface area is 107 Å². The summed E-state index contributed by atoms with van der Waals surface area (Å²) in [5.41, 5.74) is 0.465. The van der Waals surface area contributed by atoms with Gasteiger partial charge in [-0.2, -0.15) is 0 Å². The largest absolute Gasteiger partial charge is 0.477 e. The Hall–Kier alpha value is -1.95. The van der Waals surface area contributed by atoms with Crippen molar-refractivity contribution in [1.82, 2.24) is 9.55 Å². The molecule has 0 saturated heterocycles. The Morgan fingerprint density at radius 3 is 2.89 bits per heavy atom. The number of hydrogen-bond acceptors (Lipinski definition) is 4. The van der Waals surface area contributed by atoms with E-state index in [1.807, 2.05) is 0 Å². The Morgan fingerprint density at radius 1 is 1.50 bits per heavy atom. The van der Waals surface area contributed by atoms with E-state index in [0.29, 0.717) is 18.7 Å². The van der Waals surface area contributed by atoms with Crippen molar-refractivity contribution in [1.29, 1.82) is 0 Å². The zero-order valence-corrected chi connectivity index (χ0v) is 10.6. The summed E-state index contributed by atoms with van der Waals surface area (Å²) in [6.45, 7) is 2.18. The summed E-state index contributed by atoms with van der Waals surface area (Å²) in [6, 6.07) is 4.97. The molecule has 0 radical (unpaired) electrons. The minimum atomic E-state index is -0.951. The number of thiazole rings is 1. The Bertz CT molecular complexity index is 630. The molecule has 2 aromatic rings. The standard InChI is InChI=1S/C12H12N2O3S/c1-8-11(12(16)17)18-9(13-8)5-7-14-6-3-2-4-10(14)15/h2-4,6H,5,7H2,1H3,(H,16,17). The molecule has 0 aliphatic carbocycles. The molecule has 0 unspecified atom stereocenters. The normalized spacial score (nSPS) is 10.5. The van der Waals surface area contributed by atoms with Gasteiger partial charge in [-0.05, 0) is 13.0 Å². The second-order valence-electron chi connectivity index (χ2n) is 3.81. The summed E-state index contributed by atoms with van der Waals surface area (Å²) in [6.07, 6.45) is 2.27. The molecule has 6 heteroatoms. The smallest absolute Gasteiger partial charge is 0.347 e. The van der Waals surface area contributed by atoms with Gasteiger partial charge in [0.25, 0.3) is 5.56 Å². The van der Waals surface area contributed by atoms with Crippen LogP contribution >= 0.6 is 11.3 Å². The molecule has 0 saturated carbocycles. The lowest BCUT2D eigenvalue weighted by molar-refractivity contribution is 0.0701. The Balaban J connectivity index is 2.12. The topological polar surface area (TPSA) is 72.2 Å². The van der Waals surface area contributed by atoms with Gasteiger partial charge in [-0.25, -0.2) is 9.78 Å². The van der Waals surface area contributed by atoms with Gasteiger partial charge in [0.1, 0.15) is 4.88 Å². The summed E-state index contributed by atoms with van der Waals surface area (Å²) >= 11 is 1.17. The molecule has 0 bridgehead atoms. The van der Waals surface area contributed by atoms with E-state index in [2.05, 4.69) is 4.98 Å². The van der Waals surface area contributed by atoms with Crippen LogP contribution in [0.25, 0.3) is 0 Å². The summed E-state index contributed by atoms with van der Waals surface area (Å²) in [4.78, 5) is 26.8. The Kier molecular flexibility index (Phi) is 3.57. The predicted molar refractivity (Wildman–Crippen MR) is 68.2 cm³/mol. The van der Waals surface area contributed by atoms with E-state index < -0.39 is 5.97 Å². The highest BCUT2D eigenvalue weighted by molar-refractivity contribution is 7.13. The quantitative estimate of drug-likeness (QED) is 0.909. The minimum absolute atomic E-state index is 0.0655. The summed E-state index contributed by atoms with van der Waals surface area (Å²) in [5, 5.41) is 9.66. The molecule has 0 aliphatic heterocycles. The second kappa shape index (κ2) is 5.14. The number of nitrogens with zero attached hydrogens (tertiary/aromatic N) is 2. The molecule has 0 aromatic carbocycles. The van der Waals surface area contributed by atoms with Crippen molar-refractivity contribution in [2.45, 2.75) is 19.9 Å². The number of rotatable bonds is 4. The highest BCUT2D eigenvalue weighted by Crippen LogP contribution is 2.18. The first-order valence-electron chi connectivity index (χ1n) is 5.43. The van der Waals surface area contributed by atoms with Gasteiger partial charge in [0.15, 0.2) is 0 Å². The molecule has 0 fully saturated rings. The highest BCUT2D eigenvalue weighted by Gasteiger charge is 2.13. The fourth-order valence-corrected chi connectivity index (χ4v) is 2.51. The lowest BCUT2D eigenvalue weighted by atomic mass is 10.4. The number of carboxylic acid groups (broad SMARTS) is 1. The maximum atomic E-state index is 11.5. The van der Waals surface area contributed by atoms with Gasteiger partial charge in [0, 0.05) is 25.2 Å². The molecule has 2 rings (SSSR count). The van der Waals surface area contributed by atoms with E-state index in [0.717, 1.165) is 5.01 Å². The van der Waals surface area contributed by atoms with E-state index in [1.165, 1.54) is 17.4 Å². The number of hydrogen-bond donors (Lipinski definition) is 1. The third kappa shape index (κ3) is 2.65. The zero-order chi connectivity index (χ0) is 13.1. The van der Waals surface area contributed by atoms with Gasteiger partial charge < -0.3 is 9.67 Å². The van der Waals surface area contributed by atoms with Gasteiger partial charge in [0.05, 0.1) is 10.7 Å². The van der Waals surface area contributed by atoms with Crippen LogP contribution in [0.3, 0.4) is 0 Å². The first kappa shape index (κ1) is 12.5. The van der Waals surface area contributed by atoms with Crippen LogP contribution in [0.15, 0.2) is 29.2 Å². The average molecular weight is 264 g/mol. The number of carbonyl (C=O) groups is 1. The fraction of sp³-hybridized carbons (Fsp3) is 0.250. The predicted octanol–water partition coefficient (Wildman–Crippen LogP) is 1.55. The van der Waals surface area contributed by atoms with E-state index in [-0.39, 0.29) is 10.4 Å². The average Bonchev–Trinajstić information content (AvgIpc) is 2.70. The van der Waals surface area contributed by atoms with Gasteiger partial charge in [0.2, 0.25) is 0 Å². The lowest BCUT2D eigenvalue weighted by Crippen LogP contribution is -2.18. The van der Waals surface area contributed by atoms with Crippen LogP contribution in [0.1, 0.15) is 20.4 Å². The first-order valence-corrected chi connectivity index (χ1v) is 6.24. The zero-order valence-electron chi connectivity index (χ0n) is 9.79. The van der Waals surface area contributed by atoms with Crippen molar-refractivity contribution in [3.63, 3.8) is 0 Å². The summed E-state index contributed by atoms with van der Waals surface area (Å²) < 4.78 is 1.58. The third-order valence-corrected chi connectivity index (χ3v) is 3.71. The molecular weight excluding hydrogens is 252 g/mol. The molecule has 0 amide bonds. The minimum Gasteiger partial charge on any atom is -0.477 e. The molecule has 1 N–H and O–H groups in total. The monoisotopic (exact) mass is 264 g/mol. The molecule has 0 spiro atoms. The lowest BCUT2D eigenvalue weighted by Gasteiger charge is -2.01. The molecule has 2 heterocycles. The molecule has 0 atom stereocenters. The van der Waals surface area contributed by atoms with Crippen LogP contribution in [0.2, 0.25) is 0 Å².